The zero-order valence-electron chi connectivity index (χ0n) is 28.4. The average Bonchev–Trinajstić information content (AvgIpc) is 3.43. The van der Waals surface area contributed by atoms with Crippen LogP contribution in [0, 0.1) is 5.92 Å². The van der Waals surface area contributed by atoms with E-state index in [-0.39, 0.29) is 48.2 Å². The van der Waals surface area contributed by atoms with Gasteiger partial charge in [0, 0.05) is 83.3 Å². The Morgan fingerprint density at radius 2 is 1.63 bits per heavy atom. The third-order valence-corrected chi connectivity index (χ3v) is 9.35. The van der Waals surface area contributed by atoms with Crippen molar-refractivity contribution in [3.8, 4) is 0 Å². The number of aromatic amines is 1. The van der Waals surface area contributed by atoms with Gasteiger partial charge in [0.1, 0.15) is 6.04 Å². The minimum Gasteiger partial charge on any atom is -0.354 e. The maximum atomic E-state index is 13.6. The predicted molar refractivity (Wildman–Crippen MR) is 185 cm³/mol. The van der Waals surface area contributed by atoms with Gasteiger partial charge in [-0.05, 0) is 49.4 Å². The summed E-state index contributed by atoms with van der Waals surface area (Å²) in [5, 5.41) is 8.78. The molecular formula is C34H48N10O5. The SMILES string of the molecule is CC[C@H](C)[C@@H]1NC(=O)CCCN(C(=O)CN2CCN(c3ncccn3)CC2)CCCNC(=O)c2ccc3[nH]c(=O)n(c3c2)CCCNC1=O. The Kier molecular flexibility index (Phi) is 12.4. The number of benzene rings is 1. The summed E-state index contributed by atoms with van der Waals surface area (Å²) in [6.07, 6.45) is 5.75. The van der Waals surface area contributed by atoms with Crippen LogP contribution in [0.3, 0.4) is 0 Å². The number of fused-ring (bicyclic) bond motifs is 1. The first-order valence-electron chi connectivity index (χ1n) is 17.3. The molecule has 0 unspecified atom stereocenters. The first kappa shape index (κ1) is 35.5. The summed E-state index contributed by atoms with van der Waals surface area (Å²) in [7, 11) is 0. The van der Waals surface area contributed by atoms with E-state index in [2.05, 4.69) is 40.7 Å². The molecule has 1 fully saturated rings. The largest absolute Gasteiger partial charge is 0.354 e. The molecule has 15 heteroatoms. The molecule has 3 aromatic rings. The summed E-state index contributed by atoms with van der Waals surface area (Å²) in [4.78, 5) is 83.1. The number of carbonyl (C=O) groups excluding carboxylic acids is 4. The Morgan fingerprint density at radius 1 is 0.918 bits per heavy atom. The number of anilines is 1. The highest BCUT2D eigenvalue weighted by atomic mass is 16.2. The maximum absolute atomic E-state index is 13.6. The quantitative estimate of drug-likeness (QED) is 0.303. The Labute approximate surface area is 285 Å². The van der Waals surface area contributed by atoms with Gasteiger partial charge < -0.3 is 30.7 Å². The Morgan fingerprint density at radius 3 is 2.39 bits per heavy atom. The number of H-pyrrole nitrogens is 1. The van der Waals surface area contributed by atoms with Crippen molar-refractivity contribution < 1.29 is 19.2 Å². The van der Waals surface area contributed by atoms with Gasteiger partial charge in [0.25, 0.3) is 5.91 Å². The summed E-state index contributed by atoms with van der Waals surface area (Å²) >= 11 is 0. The van der Waals surface area contributed by atoms with E-state index in [1.165, 1.54) is 0 Å². The first-order valence-corrected chi connectivity index (χ1v) is 17.3. The van der Waals surface area contributed by atoms with E-state index in [9.17, 15) is 24.0 Å². The van der Waals surface area contributed by atoms with E-state index in [1.807, 2.05) is 13.8 Å². The molecule has 2 atom stereocenters. The van der Waals surface area contributed by atoms with Crippen LogP contribution in [0.1, 0.15) is 56.3 Å². The maximum Gasteiger partial charge on any atom is 0.326 e. The lowest BCUT2D eigenvalue weighted by Crippen LogP contribution is -2.51. The van der Waals surface area contributed by atoms with Gasteiger partial charge in [0.05, 0.1) is 17.6 Å². The lowest BCUT2D eigenvalue weighted by Gasteiger charge is -2.35. The molecule has 0 saturated carbocycles. The molecule has 0 aliphatic carbocycles. The highest BCUT2D eigenvalue weighted by molar-refractivity contribution is 5.97. The van der Waals surface area contributed by atoms with Gasteiger partial charge >= 0.3 is 5.69 Å². The molecule has 0 radical (unpaired) electrons. The molecule has 2 aliphatic heterocycles. The van der Waals surface area contributed by atoms with Crippen LogP contribution < -0.4 is 26.5 Å². The van der Waals surface area contributed by atoms with Crippen LogP contribution in [0.15, 0.2) is 41.5 Å². The Hall–Kier alpha value is -4.79. The van der Waals surface area contributed by atoms with Gasteiger partial charge in [-0.3, -0.25) is 28.6 Å². The number of rotatable bonds is 5. The number of imidazole rings is 1. The van der Waals surface area contributed by atoms with Crippen molar-refractivity contribution in [2.45, 2.75) is 58.5 Å². The molecule has 4 heterocycles. The fraction of sp³-hybridized carbons (Fsp3) is 0.559. The van der Waals surface area contributed by atoms with E-state index < -0.39 is 6.04 Å². The molecule has 4 amide bonds. The second-order valence-corrected chi connectivity index (χ2v) is 12.8. The number of hydrogen-bond donors (Lipinski definition) is 4. The number of nitrogens with one attached hydrogen (secondary N) is 4. The average molecular weight is 677 g/mol. The molecule has 15 nitrogen and oxygen atoms in total. The van der Waals surface area contributed by atoms with Crippen LogP contribution in [0.5, 0.6) is 0 Å². The normalized spacial score (nSPS) is 20.3. The van der Waals surface area contributed by atoms with Gasteiger partial charge in [-0.25, -0.2) is 14.8 Å². The number of aromatic nitrogens is 4. The van der Waals surface area contributed by atoms with E-state index in [1.54, 1.807) is 46.1 Å². The number of amides is 4. The fourth-order valence-corrected chi connectivity index (χ4v) is 6.24. The third-order valence-electron chi connectivity index (χ3n) is 9.35. The molecule has 1 aromatic carbocycles. The standard InChI is InChI=1S/C34H48N10O5/c1-3-24(2)30-32(48)36-14-7-17-44-27-22-25(9-10-26(27)39-34(44)49)31(47)35-13-6-16-42(15-4-8-28(45)40-30)29(46)23-41-18-20-43(21-19-41)33-37-11-5-12-38-33/h5,9-12,22,24,30H,3-4,6-8,13-21,23H2,1-2H3,(H,35,47)(H,36,48)(H,39,49)(H,40,45)/t24-,30-/m0/s1. The first-order chi connectivity index (χ1) is 23.7. The van der Waals surface area contributed by atoms with Crippen LogP contribution in [0.25, 0.3) is 11.0 Å². The molecule has 0 spiro atoms. The van der Waals surface area contributed by atoms with Crippen LogP contribution in [0.4, 0.5) is 5.95 Å². The highest BCUT2D eigenvalue weighted by Crippen LogP contribution is 2.15. The number of hydrogen-bond acceptors (Lipinski definition) is 9. The smallest absolute Gasteiger partial charge is 0.326 e. The van der Waals surface area contributed by atoms with Crippen LogP contribution >= 0.6 is 0 Å². The van der Waals surface area contributed by atoms with Crippen molar-refractivity contribution in [1.29, 1.82) is 0 Å². The summed E-state index contributed by atoms with van der Waals surface area (Å²) in [6.45, 7) is 8.72. The number of nitrogens with zero attached hydrogens (tertiary/aromatic N) is 6. The summed E-state index contributed by atoms with van der Waals surface area (Å²) in [5.74, 6) is -0.232. The molecule has 5 rings (SSSR count). The van der Waals surface area contributed by atoms with Crippen molar-refractivity contribution >= 4 is 40.6 Å². The van der Waals surface area contributed by atoms with Crippen LogP contribution in [-0.2, 0) is 20.9 Å². The molecular weight excluding hydrogens is 628 g/mol. The second-order valence-electron chi connectivity index (χ2n) is 12.8. The van der Waals surface area contributed by atoms with Gasteiger partial charge in [0.2, 0.25) is 23.7 Å². The predicted octanol–water partition coefficient (Wildman–Crippen LogP) is 0.721. The molecule has 2 bridgehead atoms. The van der Waals surface area contributed by atoms with Crippen molar-refractivity contribution in [3.05, 3.63) is 52.7 Å². The molecule has 2 aromatic heterocycles. The number of aryl methyl sites for hydroxylation is 1. The van der Waals surface area contributed by atoms with Gasteiger partial charge in [-0.1, -0.05) is 20.3 Å². The van der Waals surface area contributed by atoms with Crippen molar-refractivity contribution in [2.24, 2.45) is 5.92 Å². The van der Waals surface area contributed by atoms with Gasteiger partial charge in [-0.2, -0.15) is 0 Å². The summed E-state index contributed by atoms with van der Waals surface area (Å²) in [6, 6.07) is 6.17. The lowest BCUT2D eigenvalue weighted by atomic mass is 9.98. The zero-order valence-corrected chi connectivity index (χ0v) is 28.4. The number of piperazine rings is 1. The van der Waals surface area contributed by atoms with Crippen LogP contribution in [-0.4, -0.2) is 118 Å². The fourth-order valence-electron chi connectivity index (χ4n) is 6.24. The topological polar surface area (TPSA) is 178 Å². The van der Waals surface area contributed by atoms with Crippen molar-refractivity contribution in [1.82, 2.24) is 45.3 Å². The summed E-state index contributed by atoms with van der Waals surface area (Å²) < 4.78 is 1.56. The zero-order chi connectivity index (χ0) is 34.8. The second kappa shape index (κ2) is 17.0. The van der Waals surface area contributed by atoms with E-state index in [0.717, 1.165) is 0 Å². The summed E-state index contributed by atoms with van der Waals surface area (Å²) in [5.41, 5.74) is 1.35. The van der Waals surface area contributed by atoms with Gasteiger partial charge in [0.15, 0.2) is 0 Å². The monoisotopic (exact) mass is 676 g/mol. The molecule has 264 valence electrons. The van der Waals surface area contributed by atoms with E-state index in [4.69, 9.17) is 0 Å². The highest BCUT2D eigenvalue weighted by Gasteiger charge is 2.27. The molecule has 49 heavy (non-hydrogen) atoms. The van der Waals surface area contributed by atoms with E-state index in [0.29, 0.717) is 107 Å². The molecule has 2 aliphatic rings. The van der Waals surface area contributed by atoms with Gasteiger partial charge in [-0.15, -0.1) is 0 Å². The van der Waals surface area contributed by atoms with Crippen molar-refractivity contribution in [3.63, 3.8) is 0 Å². The Balaban J connectivity index is 1.27. The van der Waals surface area contributed by atoms with E-state index >= 15 is 0 Å². The third kappa shape index (κ3) is 9.43. The van der Waals surface area contributed by atoms with Crippen LogP contribution in [0.2, 0.25) is 0 Å². The van der Waals surface area contributed by atoms with Crippen molar-refractivity contribution in [2.75, 3.05) is 63.8 Å². The Bertz CT molecular complexity index is 1650. The number of carbonyl (C=O) groups is 4. The minimum absolute atomic E-state index is 0.0396. The molecule has 4 N–H and O–H groups in total. The lowest BCUT2D eigenvalue weighted by molar-refractivity contribution is -0.133. The minimum atomic E-state index is -0.695. The molecule has 1 saturated heterocycles.